The van der Waals surface area contributed by atoms with E-state index in [1.807, 2.05) is 0 Å². The van der Waals surface area contributed by atoms with Crippen molar-refractivity contribution < 1.29 is 24.7 Å². The lowest BCUT2D eigenvalue weighted by atomic mass is 10.1. The van der Waals surface area contributed by atoms with Crippen LogP contribution in [0.2, 0.25) is 0 Å². The van der Waals surface area contributed by atoms with Gasteiger partial charge in [0.25, 0.3) is 5.91 Å². The van der Waals surface area contributed by atoms with Crippen LogP contribution in [0.4, 0.5) is 5.00 Å². The third-order valence-corrected chi connectivity index (χ3v) is 2.96. The molecule has 0 aliphatic heterocycles. The monoisotopic (exact) mass is 274 g/mol. The molecule has 0 fully saturated rings. The van der Waals surface area contributed by atoms with E-state index in [9.17, 15) is 24.8 Å². The zero-order valence-corrected chi connectivity index (χ0v) is 10.1. The Bertz CT molecular complexity index is 495. The Morgan fingerprint density at radius 2 is 2.22 bits per heavy atom. The largest absolute Gasteiger partial charge is 0.479 e. The molecule has 0 aliphatic carbocycles. The molecule has 9 heteroatoms. The molecule has 1 aromatic rings. The van der Waals surface area contributed by atoms with E-state index in [-0.39, 0.29) is 10.6 Å². The molecule has 0 aromatic carbocycles. The van der Waals surface area contributed by atoms with Gasteiger partial charge in [0.1, 0.15) is 0 Å². The van der Waals surface area contributed by atoms with Crippen LogP contribution in [-0.4, -0.2) is 39.2 Å². The molecule has 8 nitrogen and oxygen atoms in total. The second kappa shape index (κ2) is 5.10. The second-order valence-electron chi connectivity index (χ2n) is 3.69. The van der Waals surface area contributed by atoms with Crippen LogP contribution >= 0.6 is 11.3 Å². The van der Waals surface area contributed by atoms with Crippen molar-refractivity contribution >= 4 is 28.2 Å². The first-order chi connectivity index (χ1) is 8.24. The predicted octanol–water partition coefficient (Wildman–Crippen LogP) is 0.222. The van der Waals surface area contributed by atoms with Crippen LogP contribution in [0, 0.1) is 10.1 Å². The van der Waals surface area contributed by atoms with E-state index >= 15 is 0 Å². The molecule has 0 radical (unpaired) electrons. The van der Waals surface area contributed by atoms with E-state index in [1.54, 1.807) is 0 Å². The number of nitro groups is 1. The molecule has 1 unspecified atom stereocenters. The van der Waals surface area contributed by atoms with Gasteiger partial charge in [0.2, 0.25) is 0 Å². The van der Waals surface area contributed by atoms with Crippen LogP contribution in [0.1, 0.15) is 17.3 Å². The highest BCUT2D eigenvalue weighted by atomic mass is 32.1. The lowest BCUT2D eigenvalue weighted by molar-refractivity contribution is -0.380. The van der Waals surface area contributed by atoms with E-state index in [0.717, 1.165) is 24.3 Å². The first kappa shape index (κ1) is 14.1. The van der Waals surface area contributed by atoms with E-state index < -0.39 is 28.9 Å². The number of hydrogen-bond acceptors (Lipinski definition) is 6. The van der Waals surface area contributed by atoms with Gasteiger partial charge in [-0.1, -0.05) is 11.3 Å². The average molecular weight is 274 g/mol. The van der Waals surface area contributed by atoms with Gasteiger partial charge in [-0.05, 0) is 6.92 Å². The molecular weight excluding hydrogens is 264 g/mol. The highest BCUT2D eigenvalue weighted by Gasteiger charge is 2.30. The minimum atomic E-state index is -2.09. The Balaban J connectivity index is 2.66. The van der Waals surface area contributed by atoms with E-state index in [2.05, 4.69) is 5.32 Å². The summed E-state index contributed by atoms with van der Waals surface area (Å²) in [4.78, 5) is 31.9. The molecule has 3 N–H and O–H groups in total. The Hall–Kier alpha value is -2.00. The maximum Gasteiger partial charge on any atom is 0.337 e. The van der Waals surface area contributed by atoms with Gasteiger partial charge in [0, 0.05) is 11.4 Å². The van der Waals surface area contributed by atoms with Gasteiger partial charge >= 0.3 is 11.0 Å². The fraction of sp³-hybridized carbons (Fsp3) is 0.333. The number of aliphatic hydroxyl groups is 1. The topological polar surface area (TPSA) is 130 Å². The lowest BCUT2D eigenvalue weighted by Gasteiger charge is -2.17. The van der Waals surface area contributed by atoms with Crippen molar-refractivity contribution in [2.75, 3.05) is 6.54 Å². The van der Waals surface area contributed by atoms with Gasteiger partial charge in [-0.2, -0.15) is 0 Å². The lowest BCUT2D eigenvalue weighted by Crippen LogP contribution is -2.46. The third kappa shape index (κ3) is 3.25. The van der Waals surface area contributed by atoms with Crippen molar-refractivity contribution in [1.29, 1.82) is 0 Å². The summed E-state index contributed by atoms with van der Waals surface area (Å²) in [5.74, 6) is -2.15. The summed E-state index contributed by atoms with van der Waals surface area (Å²) in [6.07, 6.45) is 0. The minimum absolute atomic E-state index is 0.0490. The Morgan fingerprint density at radius 3 is 2.67 bits per heavy atom. The fourth-order valence-electron chi connectivity index (χ4n) is 0.970. The van der Waals surface area contributed by atoms with Crippen molar-refractivity contribution in [2.24, 2.45) is 0 Å². The van der Waals surface area contributed by atoms with Crippen molar-refractivity contribution in [3.8, 4) is 0 Å². The van der Waals surface area contributed by atoms with Crippen LogP contribution < -0.4 is 5.32 Å². The van der Waals surface area contributed by atoms with Crippen molar-refractivity contribution in [3.05, 3.63) is 27.1 Å². The number of nitrogens with one attached hydrogen (secondary N) is 1. The molecular formula is C9H10N2O6S. The maximum atomic E-state index is 11.5. The number of carbonyl (C=O) groups is 2. The van der Waals surface area contributed by atoms with Crippen LogP contribution in [0.5, 0.6) is 0 Å². The quantitative estimate of drug-likeness (QED) is 0.520. The summed E-state index contributed by atoms with van der Waals surface area (Å²) in [5, 5.41) is 31.7. The first-order valence-electron chi connectivity index (χ1n) is 4.71. The van der Waals surface area contributed by atoms with E-state index in [0.29, 0.717) is 0 Å². The molecule has 1 aromatic heterocycles. The summed E-state index contributed by atoms with van der Waals surface area (Å²) in [6, 6.07) is 1.08. The number of thiophene rings is 1. The van der Waals surface area contributed by atoms with Crippen LogP contribution in [0.15, 0.2) is 11.4 Å². The second-order valence-corrected chi connectivity index (χ2v) is 4.58. The Kier molecular flexibility index (Phi) is 3.99. The number of carboxylic acid groups (broad SMARTS) is 1. The maximum absolute atomic E-state index is 11.5. The molecule has 1 amide bonds. The highest BCUT2D eigenvalue weighted by Crippen LogP contribution is 2.22. The predicted molar refractivity (Wildman–Crippen MR) is 61.6 cm³/mol. The van der Waals surface area contributed by atoms with Gasteiger partial charge in [-0.15, -0.1) is 0 Å². The van der Waals surface area contributed by atoms with Gasteiger partial charge < -0.3 is 15.5 Å². The standard InChI is InChI=1S/C9H10N2O6S/c1-9(15,8(13)14)4-10-7(12)5-2-6(11(16)17)18-3-5/h2-3,15H,4H2,1H3,(H,10,12)(H,13,14). The number of amides is 1. The molecule has 0 spiro atoms. The van der Waals surface area contributed by atoms with Gasteiger partial charge in [-0.25, -0.2) is 4.79 Å². The van der Waals surface area contributed by atoms with Gasteiger partial charge in [0.15, 0.2) is 5.60 Å². The third-order valence-electron chi connectivity index (χ3n) is 2.08. The normalized spacial score (nSPS) is 13.7. The van der Waals surface area contributed by atoms with Gasteiger partial charge in [-0.3, -0.25) is 14.9 Å². The first-order valence-corrected chi connectivity index (χ1v) is 5.59. The van der Waals surface area contributed by atoms with E-state index in [1.165, 1.54) is 5.38 Å². The smallest absolute Gasteiger partial charge is 0.337 e. The average Bonchev–Trinajstić information content (AvgIpc) is 2.75. The molecule has 1 heterocycles. The number of carbonyl (C=O) groups excluding carboxylic acids is 1. The Morgan fingerprint density at radius 1 is 1.61 bits per heavy atom. The molecule has 1 atom stereocenters. The molecule has 0 bridgehead atoms. The van der Waals surface area contributed by atoms with E-state index in [4.69, 9.17) is 5.11 Å². The van der Waals surface area contributed by atoms with Crippen LogP contribution in [-0.2, 0) is 4.79 Å². The summed E-state index contributed by atoms with van der Waals surface area (Å²) in [5.41, 5.74) is -2.04. The number of carboxylic acids is 1. The van der Waals surface area contributed by atoms with Gasteiger partial charge in [0.05, 0.1) is 17.0 Å². The van der Waals surface area contributed by atoms with Crippen molar-refractivity contribution in [3.63, 3.8) is 0 Å². The summed E-state index contributed by atoms with van der Waals surface area (Å²) < 4.78 is 0. The zero-order valence-electron chi connectivity index (χ0n) is 9.24. The molecule has 1 rings (SSSR count). The molecule has 18 heavy (non-hydrogen) atoms. The Labute approximate surface area is 105 Å². The van der Waals surface area contributed by atoms with Crippen LogP contribution in [0.3, 0.4) is 0 Å². The minimum Gasteiger partial charge on any atom is -0.479 e. The van der Waals surface area contributed by atoms with Crippen LogP contribution in [0.25, 0.3) is 0 Å². The molecule has 98 valence electrons. The number of rotatable bonds is 5. The molecule has 0 saturated heterocycles. The van der Waals surface area contributed by atoms with Crippen molar-refractivity contribution in [1.82, 2.24) is 5.32 Å². The summed E-state index contributed by atoms with van der Waals surface area (Å²) in [7, 11) is 0. The fourth-order valence-corrected chi connectivity index (χ4v) is 1.67. The van der Waals surface area contributed by atoms with Crippen molar-refractivity contribution in [2.45, 2.75) is 12.5 Å². The number of nitrogens with zero attached hydrogens (tertiary/aromatic N) is 1. The number of hydrogen-bond donors (Lipinski definition) is 3. The summed E-state index contributed by atoms with van der Waals surface area (Å²) >= 11 is 0.787. The SMILES string of the molecule is CC(O)(CNC(=O)c1csc([N+](=O)[O-])c1)C(=O)O. The highest BCUT2D eigenvalue weighted by molar-refractivity contribution is 7.13. The summed E-state index contributed by atoms with van der Waals surface area (Å²) in [6.45, 7) is 0.538. The molecule has 0 aliphatic rings. The number of aliphatic carboxylic acids is 1. The zero-order chi connectivity index (χ0) is 13.9. The molecule has 0 saturated carbocycles.